The Hall–Kier alpha value is -3.30. The number of fused-ring (bicyclic) bond motifs is 2. The first-order valence-electron chi connectivity index (χ1n) is 10.5. The Labute approximate surface area is 186 Å². The molecule has 0 bridgehead atoms. The molecule has 5 heterocycles. The Bertz CT molecular complexity index is 1420. The minimum atomic E-state index is -1.37. The van der Waals surface area contributed by atoms with Crippen LogP contribution in [0.5, 0.6) is 0 Å². The Morgan fingerprint density at radius 1 is 1.06 bits per heavy atom. The van der Waals surface area contributed by atoms with Crippen molar-refractivity contribution in [2.45, 2.75) is 25.1 Å². The second-order valence-corrected chi connectivity index (χ2v) is 9.24. The molecule has 0 spiro atoms. The number of nitrogens with zero attached hydrogens (tertiary/aromatic N) is 2. The number of rotatable bonds is 4. The third kappa shape index (κ3) is 2.92. The van der Waals surface area contributed by atoms with Crippen LogP contribution in [-0.4, -0.2) is 45.3 Å². The average molecular weight is 450 g/mol. The van der Waals surface area contributed by atoms with Crippen molar-refractivity contribution in [1.82, 2.24) is 25.4 Å². The van der Waals surface area contributed by atoms with Gasteiger partial charge in [0.05, 0.1) is 23.2 Å². The first kappa shape index (κ1) is 19.4. The molecule has 0 aliphatic carbocycles. The number of piperidine rings is 1. The second-order valence-electron chi connectivity index (χ2n) is 8.32. The number of aromatic amines is 1. The largest absolute Gasteiger partial charge is 0.352 e. The number of halogens is 1. The lowest BCUT2D eigenvalue weighted by atomic mass is 9.94. The van der Waals surface area contributed by atoms with E-state index in [0.717, 1.165) is 21.1 Å². The Morgan fingerprint density at radius 3 is 2.69 bits per heavy atom. The van der Waals surface area contributed by atoms with E-state index in [1.807, 2.05) is 35.7 Å². The van der Waals surface area contributed by atoms with Gasteiger partial charge in [0.1, 0.15) is 16.2 Å². The molecule has 9 heteroatoms. The van der Waals surface area contributed by atoms with E-state index in [1.165, 1.54) is 11.3 Å². The third-order valence-electron chi connectivity index (χ3n) is 6.33. The third-order valence-corrected chi connectivity index (χ3v) is 7.18. The highest BCUT2D eigenvalue weighted by Gasteiger charge is 2.37. The lowest BCUT2D eigenvalue weighted by molar-refractivity contribution is -0.122. The minimum absolute atomic E-state index is 0.103. The number of H-pyrrole nitrogens is 1. The molecule has 1 fully saturated rings. The van der Waals surface area contributed by atoms with Crippen molar-refractivity contribution in [2.75, 3.05) is 13.1 Å². The van der Waals surface area contributed by atoms with Gasteiger partial charge in [-0.05, 0) is 43.4 Å². The van der Waals surface area contributed by atoms with Crippen LogP contribution in [0.1, 0.15) is 24.1 Å². The normalized spacial score (nSPS) is 18.8. The van der Waals surface area contributed by atoms with Crippen LogP contribution in [0.2, 0.25) is 0 Å². The summed E-state index contributed by atoms with van der Waals surface area (Å²) in [7, 11) is 0. The summed E-state index contributed by atoms with van der Waals surface area (Å²) in [6, 6.07) is 9.38. The van der Waals surface area contributed by atoms with E-state index in [4.69, 9.17) is 5.10 Å². The van der Waals surface area contributed by atoms with Crippen molar-refractivity contribution in [3.05, 3.63) is 53.2 Å². The lowest BCUT2D eigenvalue weighted by Gasteiger charge is -2.30. The van der Waals surface area contributed by atoms with Gasteiger partial charge in [0.25, 0.3) is 11.8 Å². The smallest absolute Gasteiger partial charge is 0.261 e. The maximum atomic E-state index is 15.5. The maximum absolute atomic E-state index is 15.5. The van der Waals surface area contributed by atoms with Gasteiger partial charge in [-0.3, -0.25) is 19.6 Å². The first-order chi connectivity index (χ1) is 15.5. The van der Waals surface area contributed by atoms with Gasteiger partial charge in [0.2, 0.25) is 0 Å². The van der Waals surface area contributed by atoms with Crippen molar-refractivity contribution in [1.29, 1.82) is 0 Å². The van der Waals surface area contributed by atoms with Crippen LogP contribution in [0.3, 0.4) is 0 Å². The van der Waals surface area contributed by atoms with E-state index < -0.39 is 17.5 Å². The fourth-order valence-electron chi connectivity index (χ4n) is 4.73. The summed E-state index contributed by atoms with van der Waals surface area (Å²) in [5.74, 6) is -0.933. The minimum Gasteiger partial charge on any atom is -0.352 e. The molecule has 6 rings (SSSR count). The van der Waals surface area contributed by atoms with Crippen molar-refractivity contribution < 1.29 is 14.0 Å². The van der Waals surface area contributed by atoms with Crippen LogP contribution in [0.25, 0.3) is 32.3 Å². The summed E-state index contributed by atoms with van der Waals surface area (Å²) in [6.45, 7) is 1.35. The van der Waals surface area contributed by atoms with Crippen LogP contribution < -0.4 is 10.6 Å². The molecular formula is C23H20FN5O2S. The number of para-hydroxylation sites is 1. The number of hydrogen-bond donors (Lipinski definition) is 3. The zero-order valence-corrected chi connectivity index (χ0v) is 17.9. The van der Waals surface area contributed by atoms with Gasteiger partial charge in [-0.25, -0.2) is 4.39 Å². The Morgan fingerprint density at radius 2 is 1.84 bits per heavy atom. The fourth-order valence-corrected chi connectivity index (χ4v) is 5.50. The van der Waals surface area contributed by atoms with Crippen molar-refractivity contribution in [3.8, 4) is 0 Å². The number of hydrogen-bond acceptors (Lipinski definition) is 5. The molecule has 1 saturated heterocycles. The molecule has 3 aromatic heterocycles. The lowest BCUT2D eigenvalue weighted by Crippen LogP contribution is -2.41. The van der Waals surface area contributed by atoms with Gasteiger partial charge in [0.15, 0.2) is 0 Å². The number of thiophene rings is 1. The average Bonchev–Trinajstić information content (AvgIpc) is 3.52. The van der Waals surface area contributed by atoms with Gasteiger partial charge in [-0.2, -0.15) is 5.10 Å². The predicted octanol–water partition coefficient (Wildman–Crippen LogP) is 3.24. The number of nitrogens with one attached hydrogen (secondary N) is 3. The van der Waals surface area contributed by atoms with E-state index >= 15 is 4.39 Å². The van der Waals surface area contributed by atoms with Gasteiger partial charge < -0.3 is 10.3 Å². The standard InChI is InChI=1S/C23H20FN5O2S/c24-23(6-8-25-9-7-23)12-29-16-4-2-1-3-14(16)19(28-29)18-17(20(30)27-21(18)31)15-11-26-22-13(15)5-10-32-22/h1-5,10-11,25-26H,6-9,12H2,(H,27,30,31). The summed E-state index contributed by atoms with van der Waals surface area (Å²) in [4.78, 5) is 29.9. The molecule has 2 aliphatic rings. The summed E-state index contributed by atoms with van der Waals surface area (Å²) in [5.41, 5.74) is 0.972. The number of aromatic nitrogens is 3. The highest BCUT2D eigenvalue weighted by Crippen LogP contribution is 2.38. The maximum Gasteiger partial charge on any atom is 0.261 e. The number of alkyl halides is 1. The zero-order chi connectivity index (χ0) is 21.9. The topological polar surface area (TPSA) is 91.8 Å². The number of carbonyl (C=O) groups is 2. The molecule has 3 N–H and O–H groups in total. The van der Waals surface area contributed by atoms with E-state index in [2.05, 4.69) is 15.6 Å². The summed E-state index contributed by atoms with van der Waals surface area (Å²) in [6.07, 6.45) is 2.56. The van der Waals surface area contributed by atoms with Crippen LogP contribution >= 0.6 is 11.3 Å². The van der Waals surface area contributed by atoms with E-state index in [1.54, 1.807) is 10.9 Å². The zero-order valence-electron chi connectivity index (χ0n) is 17.1. The van der Waals surface area contributed by atoms with Crippen LogP contribution in [-0.2, 0) is 16.1 Å². The van der Waals surface area contributed by atoms with Gasteiger partial charge in [-0.1, -0.05) is 18.2 Å². The molecule has 32 heavy (non-hydrogen) atoms. The van der Waals surface area contributed by atoms with Crippen molar-refractivity contribution in [3.63, 3.8) is 0 Å². The van der Waals surface area contributed by atoms with Crippen LogP contribution in [0.15, 0.2) is 41.9 Å². The Balaban J connectivity index is 1.55. The SMILES string of the molecule is O=C1NC(=O)C(c2nn(CC3(F)CCNCC3)c3ccccc23)=C1c1c[nH]c2sccc12. The molecule has 1 aromatic carbocycles. The summed E-state index contributed by atoms with van der Waals surface area (Å²) < 4.78 is 17.1. The monoisotopic (exact) mass is 449 g/mol. The molecule has 7 nitrogen and oxygen atoms in total. The second kappa shape index (κ2) is 7.11. The molecule has 0 unspecified atom stereocenters. The van der Waals surface area contributed by atoms with E-state index in [9.17, 15) is 9.59 Å². The number of carbonyl (C=O) groups excluding carboxylic acids is 2. The molecule has 4 aromatic rings. The Kier molecular flexibility index (Phi) is 4.31. The van der Waals surface area contributed by atoms with Crippen molar-refractivity contribution >= 4 is 55.4 Å². The predicted molar refractivity (Wildman–Crippen MR) is 122 cm³/mol. The number of imide groups is 1. The van der Waals surface area contributed by atoms with Gasteiger partial charge in [-0.15, -0.1) is 11.3 Å². The molecule has 162 valence electrons. The highest BCUT2D eigenvalue weighted by molar-refractivity contribution is 7.16. The first-order valence-corrected chi connectivity index (χ1v) is 11.4. The van der Waals surface area contributed by atoms with Crippen LogP contribution in [0, 0.1) is 0 Å². The van der Waals surface area contributed by atoms with E-state index in [-0.39, 0.29) is 12.1 Å². The van der Waals surface area contributed by atoms with Crippen LogP contribution in [0.4, 0.5) is 4.39 Å². The van der Waals surface area contributed by atoms with E-state index in [0.29, 0.717) is 42.8 Å². The number of benzene rings is 1. The van der Waals surface area contributed by atoms with Gasteiger partial charge >= 0.3 is 0 Å². The summed E-state index contributed by atoms with van der Waals surface area (Å²) in [5, 5.41) is 13.9. The molecular weight excluding hydrogens is 429 g/mol. The molecule has 0 radical (unpaired) electrons. The highest BCUT2D eigenvalue weighted by atomic mass is 32.1. The number of amides is 2. The molecule has 0 atom stereocenters. The van der Waals surface area contributed by atoms with Gasteiger partial charge in [0, 0.05) is 22.5 Å². The summed E-state index contributed by atoms with van der Waals surface area (Å²) >= 11 is 1.53. The molecule has 0 saturated carbocycles. The molecule has 2 aliphatic heterocycles. The molecule has 2 amide bonds. The van der Waals surface area contributed by atoms with Crippen molar-refractivity contribution in [2.24, 2.45) is 0 Å². The fraction of sp³-hybridized carbons (Fsp3) is 0.261. The quantitative estimate of drug-likeness (QED) is 0.417.